The van der Waals surface area contributed by atoms with Crippen molar-refractivity contribution in [1.29, 1.82) is 0 Å². The molecule has 24 heavy (non-hydrogen) atoms. The van der Waals surface area contributed by atoms with Crippen molar-refractivity contribution in [3.8, 4) is 0 Å². The van der Waals surface area contributed by atoms with Crippen LogP contribution in [0.1, 0.15) is 29.6 Å². The van der Waals surface area contributed by atoms with Crippen molar-refractivity contribution in [2.45, 2.75) is 25.3 Å². The lowest BCUT2D eigenvalue weighted by Crippen LogP contribution is -2.49. The second kappa shape index (κ2) is 10.0. The van der Waals surface area contributed by atoms with E-state index in [0.717, 1.165) is 18.6 Å². The number of piperidine rings is 1. The first-order chi connectivity index (χ1) is 11.0. The van der Waals surface area contributed by atoms with E-state index >= 15 is 0 Å². The number of amides is 1. The third kappa shape index (κ3) is 5.46. The molecule has 0 bridgehead atoms. The van der Waals surface area contributed by atoms with Crippen LogP contribution < -0.4 is 5.73 Å². The Morgan fingerprint density at radius 3 is 2.67 bits per heavy atom. The van der Waals surface area contributed by atoms with E-state index < -0.39 is 6.04 Å². The van der Waals surface area contributed by atoms with Crippen LogP contribution in [0.2, 0.25) is 0 Å². The van der Waals surface area contributed by atoms with E-state index in [0.29, 0.717) is 25.1 Å². The van der Waals surface area contributed by atoms with Crippen molar-refractivity contribution < 1.29 is 14.0 Å². The zero-order chi connectivity index (χ0) is 16.8. The number of carbonyl (C=O) groups is 2. The van der Waals surface area contributed by atoms with Gasteiger partial charge in [-0.15, -0.1) is 12.4 Å². The van der Waals surface area contributed by atoms with E-state index in [4.69, 9.17) is 5.73 Å². The highest BCUT2D eigenvalue weighted by Gasteiger charge is 2.30. The summed E-state index contributed by atoms with van der Waals surface area (Å²) in [6, 6.07) is 5.09. The molecule has 4 nitrogen and oxygen atoms in total. The largest absolute Gasteiger partial charge is 0.341 e. The number of nitrogens with zero attached hydrogens (tertiary/aromatic N) is 1. The number of nitrogens with two attached hydrogens (primary N) is 1. The van der Waals surface area contributed by atoms with Gasteiger partial charge in [0.05, 0.1) is 6.04 Å². The van der Waals surface area contributed by atoms with Gasteiger partial charge in [-0.05, 0) is 55.5 Å². The number of hydrogen-bond acceptors (Lipinski definition) is 4. The lowest BCUT2D eigenvalue weighted by atomic mass is 9.89. The second-order valence-electron chi connectivity index (χ2n) is 5.88. The minimum Gasteiger partial charge on any atom is -0.341 e. The molecular weight excluding hydrogens is 351 g/mol. The number of carbonyl (C=O) groups excluding carboxylic acids is 2. The average molecular weight is 375 g/mol. The summed E-state index contributed by atoms with van der Waals surface area (Å²) in [5.41, 5.74) is 6.45. The predicted molar refractivity (Wildman–Crippen MR) is 98.3 cm³/mol. The highest BCUT2D eigenvalue weighted by atomic mass is 35.5. The number of halogens is 2. The molecule has 2 N–H and O–H groups in total. The minimum absolute atomic E-state index is 0. The monoisotopic (exact) mass is 374 g/mol. The highest BCUT2D eigenvalue weighted by Crippen LogP contribution is 2.22. The second-order valence-corrected chi connectivity index (χ2v) is 6.87. The SMILES string of the molecule is CSCC[C@H](N)C(=O)N1CCCC(C(=O)c2ccc(F)cc2)C1.Cl. The molecule has 1 unspecified atom stereocenters. The molecule has 1 saturated heterocycles. The minimum atomic E-state index is -0.498. The lowest BCUT2D eigenvalue weighted by Gasteiger charge is -2.33. The van der Waals surface area contributed by atoms with Gasteiger partial charge in [-0.3, -0.25) is 9.59 Å². The van der Waals surface area contributed by atoms with Crippen LogP contribution in [0, 0.1) is 11.7 Å². The molecule has 1 aromatic carbocycles. The van der Waals surface area contributed by atoms with Gasteiger partial charge < -0.3 is 10.6 Å². The first kappa shape index (κ1) is 20.9. The number of benzene rings is 1. The van der Waals surface area contributed by atoms with Gasteiger partial charge >= 0.3 is 0 Å². The molecule has 0 aromatic heterocycles. The number of thioether (sulfide) groups is 1. The third-order valence-corrected chi connectivity index (χ3v) is 4.83. The van der Waals surface area contributed by atoms with Crippen LogP contribution in [-0.4, -0.2) is 47.7 Å². The first-order valence-corrected chi connectivity index (χ1v) is 9.25. The van der Waals surface area contributed by atoms with Gasteiger partial charge in [0, 0.05) is 24.6 Å². The summed E-state index contributed by atoms with van der Waals surface area (Å²) in [4.78, 5) is 26.6. The van der Waals surface area contributed by atoms with E-state index in [2.05, 4.69) is 0 Å². The predicted octanol–water partition coefficient (Wildman–Crippen LogP) is 2.75. The van der Waals surface area contributed by atoms with Crippen LogP contribution in [0.15, 0.2) is 24.3 Å². The maximum atomic E-state index is 13.0. The summed E-state index contributed by atoms with van der Waals surface area (Å²) in [6.07, 6.45) is 4.17. The Morgan fingerprint density at radius 2 is 2.04 bits per heavy atom. The van der Waals surface area contributed by atoms with Crippen LogP contribution in [0.4, 0.5) is 4.39 Å². The summed E-state index contributed by atoms with van der Waals surface area (Å²) >= 11 is 1.66. The maximum Gasteiger partial charge on any atom is 0.239 e. The topological polar surface area (TPSA) is 63.4 Å². The summed E-state index contributed by atoms with van der Waals surface area (Å²) < 4.78 is 13.0. The lowest BCUT2D eigenvalue weighted by molar-refractivity contribution is -0.134. The van der Waals surface area contributed by atoms with Crippen LogP contribution >= 0.6 is 24.2 Å². The fourth-order valence-corrected chi connectivity index (χ4v) is 3.33. The molecular formula is C17H24ClFN2O2S. The molecule has 1 amide bonds. The molecule has 0 aliphatic carbocycles. The Bertz CT molecular complexity index is 556. The Hall–Kier alpha value is -1.11. The zero-order valence-corrected chi connectivity index (χ0v) is 15.4. The van der Waals surface area contributed by atoms with Gasteiger partial charge in [0.2, 0.25) is 5.91 Å². The molecule has 0 saturated carbocycles. The number of rotatable bonds is 6. The Balaban J connectivity index is 0.00000288. The number of hydrogen-bond donors (Lipinski definition) is 1. The van der Waals surface area contributed by atoms with Gasteiger partial charge in [0.1, 0.15) is 5.82 Å². The molecule has 1 fully saturated rings. The molecule has 0 radical (unpaired) electrons. The molecule has 2 atom stereocenters. The number of ketones is 1. The van der Waals surface area contributed by atoms with Crippen LogP contribution in [-0.2, 0) is 4.79 Å². The van der Waals surface area contributed by atoms with E-state index in [-0.39, 0.29) is 35.8 Å². The quantitative estimate of drug-likeness (QED) is 0.777. The Morgan fingerprint density at radius 1 is 1.38 bits per heavy atom. The molecule has 1 aromatic rings. The molecule has 134 valence electrons. The molecule has 7 heteroatoms. The fourth-order valence-electron chi connectivity index (χ4n) is 2.84. The number of likely N-dealkylation sites (tertiary alicyclic amines) is 1. The highest BCUT2D eigenvalue weighted by molar-refractivity contribution is 7.98. The van der Waals surface area contributed by atoms with Gasteiger partial charge in [-0.1, -0.05) is 0 Å². The molecule has 2 rings (SSSR count). The average Bonchev–Trinajstić information content (AvgIpc) is 2.59. The van der Waals surface area contributed by atoms with Crippen LogP contribution in [0.5, 0.6) is 0 Å². The van der Waals surface area contributed by atoms with E-state index in [1.807, 2.05) is 6.26 Å². The summed E-state index contributed by atoms with van der Waals surface area (Å²) in [7, 11) is 0. The summed E-state index contributed by atoms with van der Waals surface area (Å²) in [6.45, 7) is 1.06. The Labute approximate surface area is 152 Å². The van der Waals surface area contributed by atoms with Crippen LogP contribution in [0.3, 0.4) is 0 Å². The van der Waals surface area contributed by atoms with Crippen LogP contribution in [0.25, 0.3) is 0 Å². The first-order valence-electron chi connectivity index (χ1n) is 7.86. The van der Waals surface area contributed by atoms with E-state index in [1.165, 1.54) is 24.3 Å². The summed E-state index contributed by atoms with van der Waals surface area (Å²) in [5.74, 6) is 0.155. The maximum absolute atomic E-state index is 13.0. The van der Waals surface area contributed by atoms with Crippen molar-refractivity contribution in [3.05, 3.63) is 35.6 Å². The molecule has 0 spiro atoms. The smallest absolute Gasteiger partial charge is 0.239 e. The standard InChI is InChI=1S/C17H23FN2O2S.ClH/c1-23-10-8-15(19)17(22)20-9-2-3-13(11-20)16(21)12-4-6-14(18)7-5-12;/h4-7,13,15H,2-3,8-11,19H2,1H3;1H/t13?,15-;/m0./s1. The van der Waals surface area contributed by atoms with Crippen molar-refractivity contribution in [1.82, 2.24) is 4.90 Å². The van der Waals surface area contributed by atoms with Gasteiger partial charge in [0.25, 0.3) is 0 Å². The van der Waals surface area contributed by atoms with Crippen molar-refractivity contribution in [3.63, 3.8) is 0 Å². The van der Waals surface area contributed by atoms with Gasteiger partial charge in [0.15, 0.2) is 5.78 Å². The van der Waals surface area contributed by atoms with Crippen molar-refractivity contribution in [2.75, 3.05) is 25.1 Å². The molecule has 1 heterocycles. The van der Waals surface area contributed by atoms with Gasteiger partial charge in [-0.25, -0.2) is 4.39 Å². The number of Topliss-reactive ketones (excluding diaryl/α,β-unsaturated/α-hetero) is 1. The van der Waals surface area contributed by atoms with E-state index in [9.17, 15) is 14.0 Å². The molecule has 1 aliphatic heterocycles. The van der Waals surface area contributed by atoms with Gasteiger partial charge in [-0.2, -0.15) is 11.8 Å². The summed E-state index contributed by atoms with van der Waals surface area (Å²) in [5, 5.41) is 0. The fraction of sp³-hybridized carbons (Fsp3) is 0.529. The van der Waals surface area contributed by atoms with Crippen molar-refractivity contribution in [2.24, 2.45) is 11.7 Å². The third-order valence-electron chi connectivity index (χ3n) is 4.18. The Kier molecular flexibility index (Phi) is 8.73. The normalized spacial score (nSPS) is 18.6. The van der Waals surface area contributed by atoms with Crippen molar-refractivity contribution >= 4 is 35.9 Å². The zero-order valence-electron chi connectivity index (χ0n) is 13.7. The molecule has 1 aliphatic rings. The van der Waals surface area contributed by atoms with E-state index in [1.54, 1.807) is 16.7 Å².